The van der Waals surface area contributed by atoms with Gasteiger partial charge >= 0.3 is 0 Å². The number of carbonyl (C=O) groups excluding carboxylic acids is 2. The van der Waals surface area contributed by atoms with Crippen molar-refractivity contribution in [3.8, 4) is 11.5 Å². The monoisotopic (exact) mass is 444 g/mol. The Balaban J connectivity index is 1.40. The van der Waals surface area contributed by atoms with Crippen molar-refractivity contribution in [1.29, 1.82) is 0 Å². The lowest BCUT2D eigenvalue weighted by atomic mass is 10.0. The molecule has 0 radical (unpaired) electrons. The van der Waals surface area contributed by atoms with Crippen molar-refractivity contribution in [2.75, 3.05) is 19.7 Å². The van der Waals surface area contributed by atoms with Crippen molar-refractivity contribution in [3.05, 3.63) is 58.6 Å². The summed E-state index contributed by atoms with van der Waals surface area (Å²) in [6.45, 7) is 6.91. The topological polar surface area (TPSA) is 67.9 Å². The van der Waals surface area contributed by atoms with Crippen LogP contribution < -0.4 is 14.8 Å². The number of hydrogen-bond acceptors (Lipinski definition) is 4. The zero-order valence-corrected chi connectivity index (χ0v) is 18.9. The van der Waals surface area contributed by atoms with E-state index in [2.05, 4.69) is 5.32 Å². The molecule has 1 aliphatic rings. The van der Waals surface area contributed by atoms with Crippen LogP contribution in [0.1, 0.15) is 30.9 Å². The summed E-state index contributed by atoms with van der Waals surface area (Å²) in [5.41, 5.74) is 2.18. The maximum Gasteiger partial charge on any atom is 0.260 e. The highest BCUT2D eigenvalue weighted by Crippen LogP contribution is 2.20. The molecule has 1 aliphatic heterocycles. The van der Waals surface area contributed by atoms with Crippen molar-refractivity contribution in [1.82, 2.24) is 10.2 Å². The fraction of sp³-hybridized carbons (Fsp3) is 0.417. The molecule has 6 nitrogen and oxygen atoms in total. The molecule has 2 aromatic rings. The zero-order valence-electron chi connectivity index (χ0n) is 18.2. The first-order chi connectivity index (χ1) is 14.8. The predicted octanol–water partition coefficient (Wildman–Crippen LogP) is 3.91. The van der Waals surface area contributed by atoms with E-state index in [-0.39, 0.29) is 24.5 Å². The van der Waals surface area contributed by atoms with Crippen molar-refractivity contribution in [2.45, 2.75) is 45.8 Å². The van der Waals surface area contributed by atoms with Crippen LogP contribution in [-0.2, 0) is 9.59 Å². The number of aryl methyl sites for hydroxylation is 2. The Labute approximate surface area is 188 Å². The van der Waals surface area contributed by atoms with Crippen LogP contribution in [0.5, 0.6) is 11.5 Å². The Kier molecular flexibility index (Phi) is 7.80. The number of rotatable bonds is 7. The van der Waals surface area contributed by atoms with Gasteiger partial charge in [0, 0.05) is 24.2 Å². The minimum absolute atomic E-state index is 0.0207. The number of likely N-dealkylation sites (tertiary alicyclic amines) is 1. The van der Waals surface area contributed by atoms with E-state index in [1.807, 2.05) is 32.0 Å². The second-order valence-corrected chi connectivity index (χ2v) is 8.37. The number of hydrogen-bond donors (Lipinski definition) is 1. The van der Waals surface area contributed by atoms with Crippen LogP contribution in [-0.4, -0.2) is 48.6 Å². The van der Waals surface area contributed by atoms with Crippen molar-refractivity contribution in [3.63, 3.8) is 0 Å². The van der Waals surface area contributed by atoms with Gasteiger partial charge in [0.25, 0.3) is 11.8 Å². The molecule has 7 heteroatoms. The molecular formula is C24H29ClN2O4. The van der Waals surface area contributed by atoms with Gasteiger partial charge in [0.05, 0.1) is 0 Å². The summed E-state index contributed by atoms with van der Waals surface area (Å²) in [4.78, 5) is 26.7. The van der Waals surface area contributed by atoms with Crippen LogP contribution in [0.15, 0.2) is 42.5 Å². The van der Waals surface area contributed by atoms with E-state index in [1.165, 1.54) is 0 Å². The Hall–Kier alpha value is -2.73. The molecule has 2 amide bonds. The quantitative estimate of drug-likeness (QED) is 0.703. The summed E-state index contributed by atoms with van der Waals surface area (Å²) in [6, 6.07) is 12.8. The van der Waals surface area contributed by atoms with E-state index in [0.717, 1.165) is 16.9 Å². The molecule has 166 valence electrons. The molecule has 1 saturated heterocycles. The molecule has 0 spiro atoms. The first kappa shape index (κ1) is 22.9. The molecule has 1 fully saturated rings. The summed E-state index contributed by atoms with van der Waals surface area (Å²) in [5, 5.41) is 3.64. The molecule has 0 aromatic heterocycles. The maximum atomic E-state index is 12.5. The first-order valence-corrected chi connectivity index (χ1v) is 10.9. The Morgan fingerprint density at radius 1 is 1.13 bits per heavy atom. The van der Waals surface area contributed by atoms with E-state index in [0.29, 0.717) is 36.7 Å². The molecule has 1 N–H and O–H groups in total. The van der Waals surface area contributed by atoms with E-state index in [4.69, 9.17) is 21.1 Å². The molecule has 1 heterocycles. The summed E-state index contributed by atoms with van der Waals surface area (Å²) < 4.78 is 11.4. The number of piperidine rings is 1. The lowest BCUT2D eigenvalue weighted by Crippen LogP contribution is -2.50. The third-order valence-electron chi connectivity index (χ3n) is 5.37. The molecule has 0 bridgehead atoms. The normalized spacial score (nSPS) is 15.3. The number of halogens is 1. The summed E-state index contributed by atoms with van der Waals surface area (Å²) >= 11 is 5.87. The summed E-state index contributed by atoms with van der Waals surface area (Å²) in [6.07, 6.45) is 0.788. The summed E-state index contributed by atoms with van der Waals surface area (Å²) in [7, 11) is 0. The molecule has 0 aliphatic carbocycles. The molecule has 3 rings (SSSR count). The number of ether oxygens (including phenoxy) is 2. The SMILES string of the molecule is Cc1ccc(OCC(=O)N2CCC(NC(=O)C(C)Oc3ccc(Cl)cc3)CC2)c(C)c1. The smallest absolute Gasteiger partial charge is 0.260 e. The second kappa shape index (κ2) is 10.5. The van der Waals surface area contributed by atoms with Gasteiger partial charge in [-0.2, -0.15) is 0 Å². The Morgan fingerprint density at radius 2 is 1.81 bits per heavy atom. The standard InChI is InChI=1S/C24H29ClN2O4/c1-16-4-9-22(17(2)14-16)30-15-23(28)27-12-10-20(11-13-27)26-24(29)18(3)31-21-7-5-19(25)6-8-21/h4-9,14,18,20H,10-13,15H2,1-3H3,(H,26,29). The van der Waals surface area contributed by atoms with Gasteiger partial charge in [0.1, 0.15) is 11.5 Å². The number of amides is 2. The predicted molar refractivity (Wildman–Crippen MR) is 121 cm³/mol. The molecule has 2 aromatic carbocycles. The third-order valence-corrected chi connectivity index (χ3v) is 5.62. The average molecular weight is 445 g/mol. The van der Waals surface area contributed by atoms with Crippen LogP contribution in [0.4, 0.5) is 0 Å². The van der Waals surface area contributed by atoms with Gasteiger partial charge in [0.2, 0.25) is 0 Å². The van der Waals surface area contributed by atoms with Crippen LogP contribution in [0.2, 0.25) is 5.02 Å². The van der Waals surface area contributed by atoms with Gasteiger partial charge in [-0.25, -0.2) is 0 Å². The van der Waals surface area contributed by atoms with Crippen LogP contribution >= 0.6 is 11.6 Å². The molecular weight excluding hydrogens is 416 g/mol. The number of benzene rings is 2. The van der Waals surface area contributed by atoms with Gasteiger partial charge in [-0.15, -0.1) is 0 Å². The van der Waals surface area contributed by atoms with Crippen LogP contribution in [0.25, 0.3) is 0 Å². The van der Waals surface area contributed by atoms with Crippen LogP contribution in [0, 0.1) is 13.8 Å². The van der Waals surface area contributed by atoms with Gasteiger partial charge in [-0.3, -0.25) is 9.59 Å². The first-order valence-electron chi connectivity index (χ1n) is 10.5. The second-order valence-electron chi connectivity index (χ2n) is 7.94. The molecule has 31 heavy (non-hydrogen) atoms. The summed E-state index contributed by atoms with van der Waals surface area (Å²) in [5.74, 6) is 1.12. The highest BCUT2D eigenvalue weighted by atomic mass is 35.5. The minimum atomic E-state index is -0.619. The highest BCUT2D eigenvalue weighted by molar-refractivity contribution is 6.30. The largest absolute Gasteiger partial charge is 0.484 e. The van der Waals surface area contributed by atoms with Crippen molar-refractivity contribution < 1.29 is 19.1 Å². The molecule has 1 atom stereocenters. The zero-order chi connectivity index (χ0) is 22.4. The number of carbonyl (C=O) groups is 2. The lowest BCUT2D eigenvalue weighted by Gasteiger charge is -2.33. The Morgan fingerprint density at radius 3 is 2.45 bits per heavy atom. The number of nitrogens with one attached hydrogen (secondary N) is 1. The van der Waals surface area contributed by atoms with E-state index in [1.54, 1.807) is 36.1 Å². The van der Waals surface area contributed by atoms with E-state index < -0.39 is 6.10 Å². The van der Waals surface area contributed by atoms with E-state index >= 15 is 0 Å². The van der Waals surface area contributed by atoms with Crippen molar-refractivity contribution >= 4 is 23.4 Å². The molecule has 1 unspecified atom stereocenters. The fourth-order valence-corrected chi connectivity index (χ4v) is 3.68. The van der Waals surface area contributed by atoms with E-state index in [9.17, 15) is 9.59 Å². The highest BCUT2D eigenvalue weighted by Gasteiger charge is 2.26. The fourth-order valence-electron chi connectivity index (χ4n) is 3.55. The number of nitrogens with zero attached hydrogens (tertiary/aromatic N) is 1. The average Bonchev–Trinajstić information content (AvgIpc) is 2.75. The maximum absolute atomic E-state index is 12.5. The lowest BCUT2D eigenvalue weighted by molar-refractivity contribution is -0.134. The van der Waals surface area contributed by atoms with Crippen molar-refractivity contribution in [2.24, 2.45) is 0 Å². The van der Waals surface area contributed by atoms with Crippen LogP contribution in [0.3, 0.4) is 0 Å². The van der Waals surface area contributed by atoms with Gasteiger partial charge in [-0.1, -0.05) is 29.3 Å². The molecule has 0 saturated carbocycles. The minimum Gasteiger partial charge on any atom is -0.484 e. The van der Waals surface area contributed by atoms with Gasteiger partial charge in [0.15, 0.2) is 12.7 Å². The van der Waals surface area contributed by atoms with Gasteiger partial charge in [-0.05, 0) is 69.5 Å². The van der Waals surface area contributed by atoms with Gasteiger partial charge < -0.3 is 19.7 Å². The Bertz CT molecular complexity index is 908. The third kappa shape index (κ3) is 6.62.